The van der Waals surface area contributed by atoms with Crippen molar-refractivity contribution in [2.24, 2.45) is 0 Å². The average Bonchev–Trinajstić information content (AvgIpc) is 2.61. The summed E-state index contributed by atoms with van der Waals surface area (Å²) in [5.74, 6) is 0.103. The molecule has 0 aromatic heterocycles. The summed E-state index contributed by atoms with van der Waals surface area (Å²) in [4.78, 5) is 24.0. The van der Waals surface area contributed by atoms with E-state index in [0.29, 0.717) is 5.75 Å². The van der Waals surface area contributed by atoms with E-state index in [9.17, 15) is 9.59 Å². The van der Waals surface area contributed by atoms with Crippen LogP contribution in [0.15, 0.2) is 36.4 Å². The predicted molar refractivity (Wildman–Crippen MR) is 104 cm³/mol. The van der Waals surface area contributed by atoms with Crippen molar-refractivity contribution < 1.29 is 14.3 Å². The van der Waals surface area contributed by atoms with Gasteiger partial charge >= 0.3 is 0 Å². The van der Waals surface area contributed by atoms with E-state index >= 15 is 0 Å². The number of hydrogen-bond donors (Lipinski definition) is 2. The first-order valence-electron chi connectivity index (χ1n) is 8.75. The molecule has 0 radical (unpaired) electrons. The minimum atomic E-state index is -0.330. The van der Waals surface area contributed by atoms with E-state index in [0.717, 1.165) is 34.4 Å². The molecule has 0 spiro atoms. The standard InChI is InChI=1S/C21H26N2O3/c1-5-17-8-6-7-9-18(17)26-13-20(25)22-12-19(24)23-21-15(3)10-14(2)11-16(21)4/h6-11H,5,12-13H2,1-4H3,(H,22,25)(H,23,24). The second kappa shape index (κ2) is 9.04. The molecule has 5 heteroatoms. The quantitative estimate of drug-likeness (QED) is 0.802. The van der Waals surface area contributed by atoms with Crippen LogP contribution in [-0.4, -0.2) is 25.0 Å². The van der Waals surface area contributed by atoms with E-state index in [1.807, 2.05) is 64.1 Å². The van der Waals surface area contributed by atoms with E-state index < -0.39 is 0 Å². The lowest BCUT2D eigenvalue weighted by Crippen LogP contribution is -2.36. The SMILES string of the molecule is CCc1ccccc1OCC(=O)NCC(=O)Nc1c(C)cc(C)cc1C. The maximum atomic E-state index is 12.1. The highest BCUT2D eigenvalue weighted by atomic mass is 16.5. The van der Waals surface area contributed by atoms with Crippen LogP contribution in [0.1, 0.15) is 29.2 Å². The molecule has 0 aliphatic heterocycles. The molecule has 138 valence electrons. The molecule has 0 saturated carbocycles. The highest BCUT2D eigenvalue weighted by molar-refractivity contribution is 5.95. The Morgan fingerprint density at radius 3 is 2.31 bits per heavy atom. The lowest BCUT2D eigenvalue weighted by molar-refractivity contribution is -0.125. The molecule has 5 nitrogen and oxygen atoms in total. The summed E-state index contributed by atoms with van der Waals surface area (Å²) in [5.41, 5.74) is 4.99. The van der Waals surface area contributed by atoms with E-state index in [4.69, 9.17) is 4.74 Å². The number of para-hydroxylation sites is 1. The van der Waals surface area contributed by atoms with Gasteiger partial charge in [-0.15, -0.1) is 0 Å². The third-order valence-electron chi connectivity index (χ3n) is 4.10. The van der Waals surface area contributed by atoms with Crippen LogP contribution in [0.2, 0.25) is 0 Å². The first kappa shape index (κ1) is 19.5. The molecule has 0 aliphatic carbocycles. The number of amides is 2. The number of ether oxygens (including phenoxy) is 1. The molecule has 2 rings (SSSR count). The zero-order chi connectivity index (χ0) is 19.1. The molecule has 0 unspecified atom stereocenters. The Bertz CT molecular complexity index is 777. The van der Waals surface area contributed by atoms with Gasteiger partial charge in [-0.05, 0) is 49.9 Å². The van der Waals surface area contributed by atoms with Crippen LogP contribution in [0.4, 0.5) is 5.69 Å². The maximum absolute atomic E-state index is 12.1. The molecule has 2 aromatic carbocycles. The Morgan fingerprint density at radius 2 is 1.65 bits per heavy atom. The Kier molecular flexibility index (Phi) is 6.78. The zero-order valence-electron chi connectivity index (χ0n) is 15.8. The summed E-state index contributed by atoms with van der Waals surface area (Å²) in [6.07, 6.45) is 0.829. The fourth-order valence-electron chi connectivity index (χ4n) is 2.87. The Morgan fingerprint density at radius 1 is 1.00 bits per heavy atom. The summed E-state index contributed by atoms with van der Waals surface area (Å²) in [5, 5.41) is 5.44. The molecule has 26 heavy (non-hydrogen) atoms. The topological polar surface area (TPSA) is 67.4 Å². The van der Waals surface area contributed by atoms with Gasteiger partial charge in [0.05, 0.1) is 6.54 Å². The smallest absolute Gasteiger partial charge is 0.258 e. The van der Waals surface area contributed by atoms with Gasteiger partial charge in [0.2, 0.25) is 5.91 Å². The summed E-state index contributed by atoms with van der Waals surface area (Å²) in [6, 6.07) is 11.6. The highest BCUT2D eigenvalue weighted by Crippen LogP contribution is 2.21. The van der Waals surface area contributed by atoms with Crippen molar-refractivity contribution in [3.63, 3.8) is 0 Å². The summed E-state index contributed by atoms with van der Waals surface area (Å²) in [6.45, 7) is 7.74. The number of anilines is 1. The number of hydrogen-bond acceptors (Lipinski definition) is 3. The van der Waals surface area contributed by atoms with E-state index in [-0.39, 0.29) is 25.0 Å². The predicted octanol–water partition coefficient (Wildman–Crippen LogP) is 3.31. The van der Waals surface area contributed by atoms with Crippen molar-refractivity contribution in [2.75, 3.05) is 18.5 Å². The van der Waals surface area contributed by atoms with Crippen LogP contribution in [0.5, 0.6) is 5.75 Å². The van der Waals surface area contributed by atoms with Gasteiger partial charge in [0.15, 0.2) is 6.61 Å². The van der Waals surface area contributed by atoms with Crippen molar-refractivity contribution >= 4 is 17.5 Å². The number of aryl methyl sites for hydroxylation is 4. The van der Waals surface area contributed by atoms with Gasteiger partial charge in [0.1, 0.15) is 5.75 Å². The Hall–Kier alpha value is -2.82. The van der Waals surface area contributed by atoms with E-state index in [2.05, 4.69) is 10.6 Å². The van der Waals surface area contributed by atoms with Crippen molar-refractivity contribution in [1.82, 2.24) is 5.32 Å². The van der Waals surface area contributed by atoms with Crippen molar-refractivity contribution in [3.05, 3.63) is 58.7 Å². The van der Waals surface area contributed by atoms with Gasteiger partial charge in [-0.3, -0.25) is 9.59 Å². The monoisotopic (exact) mass is 354 g/mol. The molecular weight excluding hydrogens is 328 g/mol. The lowest BCUT2D eigenvalue weighted by atomic mass is 10.1. The van der Waals surface area contributed by atoms with Gasteiger partial charge in [-0.25, -0.2) is 0 Å². The van der Waals surface area contributed by atoms with Crippen molar-refractivity contribution in [3.8, 4) is 5.75 Å². The Labute approximate surface area is 154 Å². The lowest BCUT2D eigenvalue weighted by Gasteiger charge is -2.13. The number of benzene rings is 2. The molecule has 0 fully saturated rings. The number of rotatable bonds is 7. The van der Waals surface area contributed by atoms with Gasteiger partial charge in [-0.1, -0.05) is 42.8 Å². The molecule has 2 N–H and O–H groups in total. The highest BCUT2D eigenvalue weighted by Gasteiger charge is 2.11. The largest absolute Gasteiger partial charge is 0.483 e. The van der Waals surface area contributed by atoms with Gasteiger partial charge < -0.3 is 15.4 Å². The normalized spacial score (nSPS) is 10.3. The Balaban J connectivity index is 1.83. The van der Waals surface area contributed by atoms with Gasteiger partial charge in [0.25, 0.3) is 5.91 Å². The number of carbonyl (C=O) groups excluding carboxylic acids is 2. The summed E-state index contributed by atoms with van der Waals surface area (Å²) in [7, 11) is 0. The molecule has 0 saturated heterocycles. The van der Waals surface area contributed by atoms with E-state index in [1.165, 1.54) is 0 Å². The molecule has 0 bridgehead atoms. The maximum Gasteiger partial charge on any atom is 0.258 e. The van der Waals surface area contributed by atoms with Crippen LogP contribution >= 0.6 is 0 Å². The third kappa shape index (κ3) is 5.34. The summed E-state index contributed by atoms with van der Waals surface area (Å²) >= 11 is 0. The van der Waals surface area contributed by atoms with Crippen LogP contribution < -0.4 is 15.4 Å². The first-order valence-corrected chi connectivity index (χ1v) is 8.75. The van der Waals surface area contributed by atoms with Crippen molar-refractivity contribution in [2.45, 2.75) is 34.1 Å². The molecule has 2 aromatic rings. The van der Waals surface area contributed by atoms with Crippen LogP contribution in [-0.2, 0) is 16.0 Å². The second-order valence-electron chi connectivity index (χ2n) is 6.35. The average molecular weight is 354 g/mol. The molecular formula is C21H26N2O3. The molecule has 2 amide bonds. The number of carbonyl (C=O) groups is 2. The van der Waals surface area contributed by atoms with Crippen LogP contribution in [0, 0.1) is 20.8 Å². The number of nitrogens with one attached hydrogen (secondary N) is 2. The van der Waals surface area contributed by atoms with Crippen molar-refractivity contribution in [1.29, 1.82) is 0 Å². The minimum absolute atomic E-state index is 0.0929. The molecule has 0 heterocycles. The molecule has 0 atom stereocenters. The van der Waals surface area contributed by atoms with Crippen LogP contribution in [0.25, 0.3) is 0 Å². The second-order valence-corrected chi connectivity index (χ2v) is 6.35. The third-order valence-corrected chi connectivity index (χ3v) is 4.10. The summed E-state index contributed by atoms with van der Waals surface area (Å²) < 4.78 is 5.55. The zero-order valence-corrected chi connectivity index (χ0v) is 15.8. The van der Waals surface area contributed by atoms with Gasteiger partial charge in [-0.2, -0.15) is 0 Å². The van der Waals surface area contributed by atoms with Crippen LogP contribution in [0.3, 0.4) is 0 Å². The van der Waals surface area contributed by atoms with E-state index in [1.54, 1.807) is 0 Å². The molecule has 0 aliphatic rings. The first-order chi connectivity index (χ1) is 12.4. The van der Waals surface area contributed by atoms with Gasteiger partial charge in [0, 0.05) is 5.69 Å². The fraction of sp³-hybridized carbons (Fsp3) is 0.333. The fourth-order valence-corrected chi connectivity index (χ4v) is 2.87. The minimum Gasteiger partial charge on any atom is -0.483 e.